The van der Waals surface area contributed by atoms with Crippen LogP contribution in [0.2, 0.25) is 0 Å². The lowest BCUT2D eigenvalue weighted by Crippen LogP contribution is -2.41. The van der Waals surface area contributed by atoms with Crippen molar-refractivity contribution < 1.29 is 4.74 Å². The number of hydrogen-bond donors (Lipinski definition) is 0. The van der Waals surface area contributed by atoms with Crippen LogP contribution in [0.5, 0.6) is 11.5 Å². The SMILES string of the molecule is CC(C)(C)c1ccnc(-n2c3ccccc3c3c2cc(Oc2cccc(N4CN(C(C)(C)C)C(c5ccccc5)=C4c4ccccc4)c2)c2c4ccccc4n(-c4ccccc4)c23)c1. The summed E-state index contributed by atoms with van der Waals surface area (Å²) in [7, 11) is 0. The summed E-state index contributed by atoms with van der Waals surface area (Å²) in [5.74, 6) is 2.41. The molecule has 0 fully saturated rings. The fraction of sp³-hybridized carbons (Fsp3) is 0.155. The molecule has 0 unspecified atom stereocenters. The van der Waals surface area contributed by atoms with Gasteiger partial charge in [-0.25, -0.2) is 4.98 Å². The Morgan fingerprint density at radius 3 is 1.73 bits per heavy atom. The van der Waals surface area contributed by atoms with Crippen molar-refractivity contribution in [2.45, 2.75) is 52.5 Å². The molecule has 0 aliphatic carbocycles. The molecule has 6 nitrogen and oxygen atoms in total. The Balaban J connectivity index is 1.17. The van der Waals surface area contributed by atoms with E-state index in [4.69, 9.17) is 9.72 Å². The lowest BCUT2D eigenvalue weighted by atomic mass is 9.88. The standard InChI is InChI=1S/C58H51N5O/c1-57(2,3)41-33-34-59-51(35-41)63-48-32-19-16-29-45(48)52-49(63)37-50(53-46-30-17-18-31-47(46)62(56(52)53)42-25-14-9-15-26-42)64-44-28-20-27-43(36-44)60-38-61(58(4,5)6)55(40-23-12-8-13-24-40)54(60)39-21-10-7-11-22-39/h7-37H,38H2,1-6H3. The van der Waals surface area contributed by atoms with E-state index in [0.29, 0.717) is 6.67 Å². The summed E-state index contributed by atoms with van der Waals surface area (Å²) in [6, 6.07) is 65.0. The van der Waals surface area contributed by atoms with Gasteiger partial charge in [-0.2, -0.15) is 0 Å². The van der Waals surface area contributed by atoms with E-state index in [2.05, 4.69) is 242 Å². The average molecular weight is 834 g/mol. The summed E-state index contributed by atoms with van der Waals surface area (Å²) in [6.07, 6.45) is 1.94. The number of nitrogens with zero attached hydrogens (tertiary/aromatic N) is 5. The van der Waals surface area contributed by atoms with Crippen molar-refractivity contribution in [3.8, 4) is 23.0 Å². The van der Waals surface area contributed by atoms with E-state index < -0.39 is 0 Å². The Kier molecular flexibility index (Phi) is 9.24. The van der Waals surface area contributed by atoms with Crippen molar-refractivity contribution in [2.24, 2.45) is 0 Å². The number of hydrogen-bond acceptors (Lipinski definition) is 4. The number of fused-ring (bicyclic) bond motifs is 7. The van der Waals surface area contributed by atoms with Gasteiger partial charge in [0.05, 0.1) is 45.5 Å². The summed E-state index contributed by atoms with van der Waals surface area (Å²) in [5.41, 5.74) is 12.2. The summed E-state index contributed by atoms with van der Waals surface area (Å²) in [4.78, 5) is 10.0. The van der Waals surface area contributed by atoms with Crippen LogP contribution in [0.3, 0.4) is 0 Å². The van der Waals surface area contributed by atoms with Gasteiger partial charge in [0.1, 0.15) is 17.3 Å². The number of pyridine rings is 1. The van der Waals surface area contributed by atoms with Gasteiger partial charge in [0, 0.05) is 62.5 Å². The minimum atomic E-state index is -0.151. The first-order valence-electron chi connectivity index (χ1n) is 22.2. The second-order valence-corrected chi connectivity index (χ2v) is 18.9. The van der Waals surface area contributed by atoms with E-state index in [1.807, 2.05) is 6.20 Å². The molecule has 1 aliphatic heterocycles. The van der Waals surface area contributed by atoms with Crippen molar-refractivity contribution >= 4 is 60.7 Å². The fourth-order valence-corrected chi connectivity index (χ4v) is 9.66. The molecule has 6 heteroatoms. The Morgan fingerprint density at radius 1 is 0.500 bits per heavy atom. The first-order valence-corrected chi connectivity index (χ1v) is 22.2. The maximum atomic E-state index is 7.37. The minimum absolute atomic E-state index is 0.0561. The summed E-state index contributed by atoms with van der Waals surface area (Å²) in [5, 5.41) is 4.50. The third-order valence-corrected chi connectivity index (χ3v) is 12.7. The zero-order valence-corrected chi connectivity index (χ0v) is 37.2. The van der Waals surface area contributed by atoms with Gasteiger partial charge < -0.3 is 19.1 Å². The highest BCUT2D eigenvalue weighted by Crippen LogP contribution is 2.49. The van der Waals surface area contributed by atoms with Gasteiger partial charge in [0.2, 0.25) is 0 Å². The number of benzene rings is 7. The molecular formula is C58H51N5O. The summed E-state index contributed by atoms with van der Waals surface area (Å²) >= 11 is 0. The number of ether oxygens (including phenoxy) is 1. The zero-order chi connectivity index (χ0) is 43.7. The van der Waals surface area contributed by atoms with Crippen molar-refractivity contribution in [3.05, 3.63) is 205 Å². The van der Waals surface area contributed by atoms with Gasteiger partial charge in [-0.15, -0.1) is 0 Å². The predicted molar refractivity (Wildman–Crippen MR) is 267 cm³/mol. The molecule has 0 radical (unpaired) electrons. The number of para-hydroxylation sites is 3. The Morgan fingerprint density at radius 2 is 1.08 bits per heavy atom. The van der Waals surface area contributed by atoms with E-state index in [1.165, 1.54) is 22.5 Å². The van der Waals surface area contributed by atoms with E-state index in [9.17, 15) is 0 Å². The average Bonchev–Trinajstić information content (AvgIpc) is 3.99. The highest BCUT2D eigenvalue weighted by molar-refractivity contribution is 6.28. The largest absolute Gasteiger partial charge is 0.456 e. The molecule has 0 spiro atoms. The molecule has 314 valence electrons. The van der Waals surface area contributed by atoms with Gasteiger partial charge in [-0.1, -0.05) is 142 Å². The minimum Gasteiger partial charge on any atom is -0.456 e. The Bertz CT molecular complexity index is 3400. The molecule has 10 aromatic rings. The van der Waals surface area contributed by atoms with E-state index >= 15 is 0 Å². The van der Waals surface area contributed by atoms with Crippen LogP contribution in [-0.2, 0) is 5.41 Å². The molecule has 1 aliphatic rings. The van der Waals surface area contributed by atoms with Crippen molar-refractivity contribution in [1.29, 1.82) is 0 Å². The molecule has 0 saturated heterocycles. The normalized spacial score (nSPS) is 13.6. The lowest BCUT2D eigenvalue weighted by molar-refractivity contribution is 0.237. The van der Waals surface area contributed by atoms with Crippen LogP contribution in [0.25, 0.3) is 66.5 Å². The predicted octanol–water partition coefficient (Wildman–Crippen LogP) is 14.8. The maximum Gasteiger partial charge on any atom is 0.139 e. The monoisotopic (exact) mass is 833 g/mol. The highest BCUT2D eigenvalue weighted by atomic mass is 16.5. The van der Waals surface area contributed by atoms with Crippen LogP contribution in [0.4, 0.5) is 5.69 Å². The van der Waals surface area contributed by atoms with E-state index in [1.54, 1.807) is 0 Å². The maximum absolute atomic E-state index is 7.37. The Labute approximate surface area is 374 Å². The van der Waals surface area contributed by atoms with Crippen LogP contribution >= 0.6 is 0 Å². The Hall–Kier alpha value is -7.57. The molecule has 4 heterocycles. The highest BCUT2D eigenvalue weighted by Gasteiger charge is 2.37. The first kappa shape index (κ1) is 39.3. The van der Waals surface area contributed by atoms with Crippen LogP contribution in [0.15, 0.2) is 188 Å². The van der Waals surface area contributed by atoms with Gasteiger partial charge in [0.15, 0.2) is 0 Å². The smallest absolute Gasteiger partial charge is 0.139 e. The molecule has 0 bridgehead atoms. The number of rotatable bonds is 7. The number of aromatic nitrogens is 3. The van der Waals surface area contributed by atoms with Gasteiger partial charge >= 0.3 is 0 Å². The van der Waals surface area contributed by atoms with Crippen molar-refractivity contribution in [1.82, 2.24) is 19.0 Å². The van der Waals surface area contributed by atoms with Crippen LogP contribution in [0.1, 0.15) is 58.2 Å². The van der Waals surface area contributed by atoms with Crippen LogP contribution in [0, 0.1) is 0 Å². The molecule has 0 amide bonds. The topological polar surface area (TPSA) is 38.5 Å². The molecule has 7 aromatic carbocycles. The van der Waals surface area contributed by atoms with E-state index in [0.717, 1.165) is 77.9 Å². The van der Waals surface area contributed by atoms with Gasteiger partial charge in [-0.3, -0.25) is 4.57 Å². The molecule has 0 atom stereocenters. The second kappa shape index (κ2) is 15.1. The summed E-state index contributed by atoms with van der Waals surface area (Å²) < 4.78 is 12.1. The third kappa shape index (κ3) is 6.52. The van der Waals surface area contributed by atoms with Crippen LogP contribution in [-0.4, -0.2) is 31.2 Å². The lowest BCUT2D eigenvalue weighted by Gasteiger charge is -2.36. The molecule has 64 heavy (non-hydrogen) atoms. The third-order valence-electron chi connectivity index (χ3n) is 12.7. The fourth-order valence-electron chi connectivity index (χ4n) is 9.66. The molecule has 3 aromatic heterocycles. The molecule has 0 N–H and O–H groups in total. The van der Waals surface area contributed by atoms with Gasteiger partial charge in [-0.05, 0) is 80.3 Å². The first-order chi connectivity index (χ1) is 31.0. The van der Waals surface area contributed by atoms with Crippen molar-refractivity contribution in [3.63, 3.8) is 0 Å². The van der Waals surface area contributed by atoms with Gasteiger partial charge in [0.25, 0.3) is 0 Å². The molecule has 0 saturated carbocycles. The van der Waals surface area contributed by atoms with Crippen molar-refractivity contribution in [2.75, 3.05) is 11.6 Å². The summed E-state index contributed by atoms with van der Waals surface area (Å²) in [6.45, 7) is 14.3. The second-order valence-electron chi connectivity index (χ2n) is 18.9. The quantitative estimate of drug-likeness (QED) is 0.160. The molecule has 11 rings (SSSR count). The molecular weight excluding hydrogens is 783 g/mol. The van der Waals surface area contributed by atoms with E-state index in [-0.39, 0.29) is 11.0 Å². The van der Waals surface area contributed by atoms with Crippen LogP contribution < -0.4 is 9.64 Å². The zero-order valence-electron chi connectivity index (χ0n) is 37.2. The number of anilines is 1.